The lowest BCUT2D eigenvalue weighted by atomic mass is 9.93. The molecule has 5 rings (SSSR count). The van der Waals surface area contributed by atoms with Crippen molar-refractivity contribution in [1.82, 2.24) is 24.6 Å². The molecule has 0 radical (unpaired) electrons. The average Bonchev–Trinajstić information content (AvgIpc) is 3.33. The zero-order chi connectivity index (χ0) is 28.1. The number of fused-ring (bicyclic) bond motifs is 1. The van der Waals surface area contributed by atoms with Gasteiger partial charge in [-0.25, -0.2) is 9.67 Å². The second-order valence-corrected chi connectivity index (χ2v) is 10.6. The van der Waals surface area contributed by atoms with E-state index in [0.29, 0.717) is 13.1 Å². The molecule has 1 atom stereocenters. The number of likely N-dealkylation sites (N-methyl/N-ethyl adjacent to an activating group) is 1. The molecule has 4 aromatic rings. The molecule has 0 spiro atoms. The van der Waals surface area contributed by atoms with E-state index in [1.54, 1.807) is 19.4 Å². The number of hydrogen-bond donors (Lipinski definition) is 0. The Morgan fingerprint density at radius 3 is 2.55 bits per heavy atom. The lowest BCUT2D eigenvalue weighted by molar-refractivity contribution is -0.127. The SMILES string of the molecule is COc1ccc(Cn2nc(C3CCCN(C(=O)/C=C/CN(C)C)C3)c3c(Oc4ccc(C)cc4)ccnc32)cc1. The van der Waals surface area contributed by atoms with Crippen molar-refractivity contribution >= 4 is 16.9 Å². The van der Waals surface area contributed by atoms with E-state index in [2.05, 4.69) is 6.92 Å². The van der Waals surface area contributed by atoms with Crippen molar-refractivity contribution in [3.8, 4) is 17.2 Å². The smallest absolute Gasteiger partial charge is 0.246 e. The number of methoxy groups -OCH3 is 1. The predicted molar refractivity (Wildman–Crippen MR) is 157 cm³/mol. The number of pyridine rings is 1. The normalized spacial score (nSPS) is 15.7. The minimum Gasteiger partial charge on any atom is -0.497 e. The van der Waals surface area contributed by atoms with Crippen LogP contribution in [0, 0.1) is 6.92 Å². The molecule has 8 nitrogen and oxygen atoms in total. The number of hydrogen-bond acceptors (Lipinski definition) is 6. The van der Waals surface area contributed by atoms with E-state index in [4.69, 9.17) is 19.6 Å². The summed E-state index contributed by atoms with van der Waals surface area (Å²) < 4.78 is 13.7. The Balaban J connectivity index is 1.50. The molecule has 0 aliphatic carbocycles. The third-order valence-electron chi connectivity index (χ3n) is 7.21. The van der Waals surface area contributed by atoms with Crippen LogP contribution in [0.2, 0.25) is 0 Å². The molecule has 2 aromatic heterocycles. The lowest BCUT2D eigenvalue weighted by Gasteiger charge is -2.31. The molecule has 1 saturated heterocycles. The summed E-state index contributed by atoms with van der Waals surface area (Å²) in [6.07, 6.45) is 7.24. The number of piperidine rings is 1. The van der Waals surface area contributed by atoms with Crippen LogP contribution in [0.15, 0.2) is 72.9 Å². The lowest BCUT2D eigenvalue weighted by Crippen LogP contribution is -2.38. The van der Waals surface area contributed by atoms with Gasteiger partial charge in [-0.15, -0.1) is 0 Å². The van der Waals surface area contributed by atoms with Gasteiger partial charge in [0.2, 0.25) is 5.91 Å². The van der Waals surface area contributed by atoms with Gasteiger partial charge in [0.15, 0.2) is 5.65 Å². The van der Waals surface area contributed by atoms with E-state index in [9.17, 15) is 4.79 Å². The number of carbonyl (C=O) groups is 1. The minimum atomic E-state index is 0.0442. The van der Waals surface area contributed by atoms with Crippen LogP contribution in [0.1, 0.15) is 35.6 Å². The summed E-state index contributed by atoms with van der Waals surface area (Å²) in [6.45, 7) is 4.70. The molecular formula is C32H37N5O3. The first kappa shape index (κ1) is 27.4. The quantitative estimate of drug-likeness (QED) is 0.265. The first-order valence-corrected chi connectivity index (χ1v) is 13.7. The highest BCUT2D eigenvalue weighted by atomic mass is 16.5. The van der Waals surface area contributed by atoms with E-state index < -0.39 is 0 Å². The summed E-state index contributed by atoms with van der Waals surface area (Å²) in [5.74, 6) is 2.41. The number of aromatic nitrogens is 3. The fraction of sp³-hybridized carbons (Fsp3) is 0.344. The van der Waals surface area contributed by atoms with E-state index in [1.807, 2.05) is 89.3 Å². The Hall–Kier alpha value is -4.17. The van der Waals surface area contributed by atoms with Gasteiger partial charge in [0.25, 0.3) is 0 Å². The maximum atomic E-state index is 13.0. The summed E-state index contributed by atoms with van der Waals surface area (Å²) in [5, 5.41) is 6.03. The van der Waals surface area contributed by atoms with Crippen molar-refractivity contribution < 1.29 is 14.3 Å². The summed E-state index contributed by atoms with van der Waals surface area (Å²) in [4.78, 5) is 21.7. The van der Waals surface area contributed by atoms with Crippen molar-refractivity contribution in [2.24, 2.45) is 0 Å². The number of amides is 1. The van der Waals surface area contributed by atoms with Crippen LogP contribution < -0.4 is 9.47 Å². The van der Waals surface area contributed by atoms with Crippen LogP contribution in [0.4, 0.5) is 0 Å². The topological polar surface area (TPSA) is 72.7 Å². The van der Waals surface area contributed by atoms with Crippen LogP contribution >= 0.6 is 0 Å². The van der Waals surface area contributed by atoms with Gasteiger partial charge >= 0.3 is 0 Å². The van der Waals surface area contributed by atoms with Gasteiger partial charge < -0.3 is 19.3 Å². The molecule has 40 heavy (non-hydrogen) atoms. The van der Waals surface area contributed by atoms with E-state index in [1.165, 1.54) is 5.56 Å². The number of aryl methyl sites for hydroxylation is 1. The van der Waals surface area contributed by atoms with Crippen molar-refractivity contribution in [3.63, 3.8) is 0 Å². The van der Waals surface area contributed by atoms with Gasteiger partial charge in [-0.05, 0) is 69.8 Å². The molecule has 208 valence electrons. The Morgan fingerprint density at radius 1 is 1.07 bits per heavy atom. The second kappa shape index (κ2) is 12.3. The number of nitrogens with zero attached hydrogens (tertiary/aromatic N) is 5. The molecule has 0 bridgehead atoms. The number of ether oxygens (including phenoxy) is 2. The summed E-state index contributed by atoms with van der Waals surface area (Å²) >= 11 is 0. The molecule has 8 heteroatoms. The predicted octanol–water partition coefficient (Wildman–Crippen LogP) is 5.41. The van der Waals surface area contributed by atoms with Gasteiger partial charge in [0.05, 0.1) is 24.7 Å². The average molecular weight is 540 g/mol. The van der Waals surface area contributed by atoms with Crippen LogP contribution in [0.3, 0.4) is 0 Å². The molecule has 1 aliphatic heterocycles. The van der Waals surface area contributed by atoms with Gasteiger partial charge in [-0.3, -0.25) is 4.79 Å². The van der Waals surface area contributed by atoms with Crippen LogP contribution in [-0.2, 0) is 11.3 Å². The van der Waals surface area contributed by atoms with Crippen molar-refractivity contribution in [3.05, 3.63) is 89.8 Å². The van der Waals surface area contributed by atoms with Gasteiger partial charge in [0, 0.05) is 37.8 Å². The first-order chi connectivity index (χ1) is 19.4. The van der Waals surface area contributed by atoms with Gasteiger partial charge in [0.1, 0.15) is 17.2 Å². The highest BCUT2D eigenvalue weighted by Gasteiger charge is 2.29. The molecule has 0 saturated carbocycles. The standard InChI is InChI=1S/C32H37N5O3/c1-23-9-13-27(14-10-23)40-28-17-18-33-32-30(28)31(34-37(32)21-24-11-15-26(39-4)16-12-24)25-7-5-20-36(22-25)29(38)8-6-19-35(2)3/h6,8-18,25H,5,7,19-22H2,1-4H3/b8-6+. The van der Waals surface area contributed by atoms with Gasteiger partial charge in [-0.1, -0.05) is 35.9 Å². The minimum absolute atomic E-state index is 0.0442. The maximum absolute atomic E-state index is 13.0. The third kappa shape index (κ3) is 6.34. The van der Waals surface area contributed by atoms with E-state index >= 15 is 0 Å². The van der Waals surface area contributed by atoms with Crippen molar-refractivity contribution in [2.75, 3.05) is 40.8 Å². The fourth-order valence-electron chi connectivity index (χ4n) is 5.09. The highest BCUT2D eigenvalue weighted by Crippen LogP contribution is 2.38. The molecule has 1 unspecified atom stereocenters. The Kier molecular flexibility index (Phi) is 8.45. The van der Waals surface area contributed by atoms with Gasteiger partial charge in [-0.2, -0.15) is 5.10 Å². The number of carbonyl (C=O) groups excluding carboxylic acids is 1. The van der Waals surface area contributed by atoms with Crippen LogP contribution in [-0.4, -0.2) is 71.3 Å². The third-order valence-corrected chi connectivity index (χ3v) is 7.21. The van der Waals surface area contributed by atoms with Crippen LogP contribution in [0.5, 0.6) is 17.2 Å². The molecular weight excluding hydrogens is 502 g/mol. The summed E-state index contributed by atoms with van der Waals surface area (Å²) in [7, 11) is 5.64. The van der Waals surface area contributed by atoms with Crippen molar-refractivity contribution in [1.29, 1.82) is 0 Å². The molecule has 1 fully saturated rings. The van der Waals surface area contributed by atoms with Crippen molar-refractivity contribution in [2.45, 2.75) is 32.2 Å². The Morgan fingerprint density at radius 2 is 1.82 bits per heavy atom. The number of benzene rings is 2. The molecule has 1 aliphatic rings. The highest BCUT2D eigenvalue weighted by molar-refractivity contribution is 5.88. The molecule has 2 aromatic carbocycles. The molecule has 3 heterocycles. The number of likely N-dealkylation sites (tertiary alicyclic amines) is 1. The summed E-state index contributed by atoms with van der Waals surface area (Å²) in [6, 6.07) is 17.9. The van der Waals surface area contributed by atoms with E-state index in [0.717, 1.165) is 65.5 Å². The second-order valence-electron chi connectivity index (χ2n) is 10.6. The zero-order valence-corrected chi connectivity index (χ0v) is 23.7. The zero-order valence-electron chi connectivity index (χ0n) is 23.7. The Bertz CT molecular complexity index is 1480. The summed E-state index contributed by atoms with van der Waals surface area (Å²) in [5.41, 5.74) is 3.96. The Labute approximate surface area is 235 Å². The van der Waals surface area contributed by atoms with Crippen LogP contribution in [0.25, 0.3) is 11.0 Å². The molecule has 0 N–H and O–H groups in total. The molecule has 1 amide bonds. The maximum Gasteiger partial charge on any atom is 0.246 e. The number of rotatable bonds is 9. The van der Waals surface area contributed by atoms with E-state index in [-0.39, 0.29) is 11.8 Å². The largest absolute Gasteiger partial charge is 0.497 e. The first-order valence-electron chi connectivity index (χ1n) is 13.7. The monoisotopic (exact) mass is 539 g/mol. The fourth-order valence-corrected chi connectivity index (χ4v) is 5.09.